The second-order valence-electron chi connectivity index (χ2n) is 6.15. The van der Waals surface area contributed by atoms with E-state index < -0.39 is 0 Å². The predicted octanol–water partition coefficient (Wildman–Crippen LogP) is 0.474. The van der Waals surface area contributed by atoms with Crippen LogP contribution in [-0.2, 0) is 9.59 Å². The molecule has 3 unspecified atom stereocenters. The summed E-state index contributed by atoms with van der Waals surface area (Å²) in [6, 6.07) is 0.240. The normalized spacial score (nSPS) is 33.2. The van der Waals surface area contributed by atoms with Crippen molar-refractivity contribution < 1.29 is 9.59 Å². The molecule has 1 heterocycles. The number of hydrogen-bond acceptors (Lipinski definition) is 3. The van der Waals surface area contributed by atoms with Crippen LogP contribution in [0.4, 0.5) is 0 Å². The molecule has 19 heavy (non-hydrogen) atoms. The largest absolute Gasteiger partial charge is 0.369 e. The fourth-order valence-electron chi connectivity index (χ4n) is 3.29. The molecule has 4 N–H and O–H groups in total. The van der Waals surface area contributed by atoms with Crippen molar-refractivity contribution in [2.45, 2.75) is 45.1 Å². The van der Waals surface area contributed by atoms with Gasteiger partial charge in [-0.2, -0.15) is 0 Å². The zero-order chi connectivity index (χ0) is 14.0. The van der Waals surface area contributed by atoms with Gasteiger partial charge in [0, 0.05) is 31.0 Å². The van der Waals surface area contributed by atoms with E-state index in [1.807, 2.05) is 4.90 Å². The molecular formula is C14H25N3O2. The topological polar surface area (TPSA) is 89.4 Å². The molecule has 3 atom stereocenters. The molecule has 2 rings (SSSR count). The first-order chi connectivity index (χ1) is 8.99. The van der Waals surface area contributed by atoms with Crippen LogP contribution in [-0.4, -0.2) is 35.8 Å². The van der Waals surface area contributed by atoms with Gasteiger partial charge in [0.25, 0.3) is 0 Å². The lowest BCUT2D eigenvalue weighted by atomic mass is 9.78. The Bertz CT molecular complexity index is 351. The van der Waals surface area contributed by atoms with Crippen molar-refractivity contribution >= 4 is 11.8 Å². The molecule has 0 aromatic carbocycles. The molecule has 0 bridgehead atoms. The number of rotatable bonds is 2. The highest BCUT2D eigenvalue weighted by Crippen LogP contribution is 2.30. The summed E-state index contributed by atoms with van der Waals surface area (Å²) in [6.45, 7) is 3.47. The summed E-state index contributed by atoms with van der Waals surface area (Å²) in [7, 11) is 0. The van der Waals surface area contributed by atoms with Crippen molar-refractivity contribution in [3.63, 3.8) is 0 Å². The number of hydrogen-bond donors (Lipinski definition) is 2. The summed E-state index contributed by atoms with van der Waals surface area (Å²) in [5, 5.41) is 0. The molecule has 0 aromatic heterocycles. The quantitative estimate of drug-likeness (QED) is 0.762. The molecule has 5 heteroatoms. The van der Waals surface area contributed by atoms with E-state index in [-0.39, 0.29) is 29.7 Å². The van der Waals surface area contributed by atoms with E-state index in [2.05, 4.69) is 6.92 Å². The van der Waals surface area contributed by atoms with Crippen LogP contribution in [0.3, 0.4) is 0 Å². The Hall–Kier alpha value is -1.10. The van der Waals surface area contributed by atoms with E-state index >= 15 is 0 Å². The maximum absolute atomic E-state index is 12.5. The van der Waals surface area contributed by atoms with Gasteiger partial charge in [0.1, 0.15) is 0 Å². The van der Waals surface area contributed by atoms with Gasteiger partial charge in [0.05, 0.1) is 0 Å². The van der Waals surface area contributed by atoms with Gasteiger partial charge in [-0.1, -0.05) is 6.92 Å². The molecule has 0 radical (unpaired) electrons. The van der Waals surface area contributed by atoms with Crippen molar-refractivity contribution in [2.75, 3.05) is 13.1 Å². The molecule has 108 valence electrons. The average molecular weight is 267 g/mol. The van der Waals surface area contributed by atoms with Gasteiger partial charge in [0.15, 0.2) is 0 Å². The molecule has 5 nitrogen and oxygen atoms in total. The first-order valence-electron chi connectivity index (χ1n) is 7.32. The van der Waals surface area contributed by atoms with Gasteiger partial charge in [-0.3, -0.25) is 9.59 Å². The molecule has 0 aromatic rings. The summed E-state index contributed by atoms with van der Waals surface area (Å²) in [4.78, 5) is 25.5. The highest BCUT2D eigenvalue weighted by Gasteiger charge is 2.34. The second-order valence-corrected chi connectivity index (χ2v) is 6.15. The Morgan fingerprint density at radius 2 is 1.68 bits per heavy atom. The SMILES string of the molecule is CC1CC(C(=O)N2CCC(C(N)=O)CC2)CCC1N. The Morgan fingerprint density at radius 1 is 1.05 bits per heavy atom. The van der Waals surface area contributed by atoms with E-state index in [0.717, 1.165) is 19.3 Å². The highest BCUT2D eigenvalue weighted by atomic mass is 16.2. The van der Waals surface area contributed by atoms with Gasteiger partial charge in [-0.25, -0.2) is 0 Å². The van der Waals surface area contributed by atoms with Gasteiger partial charge >= 0.3 is 0 Å². The molecule has 1 aliphatic carbocycles. The summed E-state index contributed by atoms with van der Waals surface area (Å²) in [5.74, 6) is 0.513. The fraction of sp³-hybridized carbons (Fsp3) is 0.857. The minimum atomic E-state index is -0.232. The van der Waals surface area contributed by atoms with E-state index in [4.69, 9.17) is 11.5 Å². The number of likely N-dealkylation sites (tertiary alicyclic amines) is 1. The van der Waals surface area contributed by atoms with Gasteiger partial charge < -0.3 is 16.4 Å². The lowest BCUT2D eigenvalue weighted by Crippen LogP contribution is -2.46. The van der Waals surface area contributed by atoms with Crippen LogP contribution >= 0.6 is 0 Å². The Labute approximate surface area is 114 Å². The van der Waals surface area contributed by atoms with Crippen LogP contribution in [0.1, 0.15) is 39.0 Å². The number of primary amides is 1. The van der Waals surface area contributed by atoms with Crippen LogP contribution in [0.15, 0.2) is 0 Å². The Balaban J connectivity index is 1.86. The third-order valence-corrected chi connectivity index (χ3v) is 4.79. The standard InChI is InChI=1S/C14H25N3O2/c1-9-8-11(2-3-12(9)15)14(19)17-6-4-10(5-7-17)13(16)18/h9-12H,2-8,15H2,1H3,(H2,16,18). The van der Waals surface area contributed by atoms with E-state index in [1.165, 1.54) is 0 Å². The van der Waals surface area contributed by atoms with Crippen LogP contribution in [0.2, 0.25) is 0 Å². The van der Waals surface area contributed by atoms with E-state index in [9.17, 15) is 9.59 Å². The van der Waals surface area contributed by atoms with Crippen molar-refractivity contribution in [3.05, 3.63) is 0 Å². The van der Waals surface area contributed by atoms with Crippen LogP contribution in [0, 0.1) is 17.8 Å². The molecule has 1 saturated heterocycles. The van der Waals surface area contributed by atoms with E-state index in [1.54, 1.807) is 0 Å². The summed E-state index contributed by atoms with van der Waals surface area (Å²) < 4.78 is 0. The monoisotopic (exact) mass is 267 g/mol. The average Bonchev–Trinajstić information content (AvgIpc) is 2.41. The third-order valence-electron chi connectivity index (χ3n) is 4.79. The number of nitrogens with two attached hydrogens (primary N) is 2. The van der Waals surface area contributed by atoms with Gasteiger partial charge in [-0.05, 0) is 38.0 Å². The van der Waals surface area contributed by atoms with Crippen molar-refractivity contribution in [1.29, 1.82) is 0 Å². The smallest absolute Gasteiger partial charge is 0.225 e. The Kier molecular flexibility index (Phi) is 4.45. The second kappa shape index (κ2) is 5.90. The van der Waals surface area contributed by atoms with E-state index in [0.29, 0.717) is 31.8 Å². The summed E-state index contributed by atoms with van der Waals surface area (Å²) >= 11 is 0. The first kappa shape index (κ1) is 14.3. The molecule has 2 amide bonds. The van der Waals surface area contributed by atoms with Gasteiger partial charge in [-0.15, -0.1) is 0 Å². The Morgan fingerprint density at radius 3 is 2.21 bits per heavy atom. The maximum Gasteiger partial charge on any atom is 0.225 e. The van der Waals surface area contributed by atoms with Crippen LogP contribution in [0.5, 0.6) is 0 Å². The molecule has 2 fully saturated rings. The number of amides is 2. The summed E-state index contributed by atoms with van der Waals surface area (Å²) in [6.07, 6.45) is 4.16. The minimum Gasteiger partial charge on any atom is -0.369 e. The molecule has 1 saturated carbocycles. The lowest BCUT2D eigenvalue weighted by molar-refractivity contribution is -0.140. The minimum absolute atomic E-state index is 0.0530. The number of carbonyl (C=O) groups excluding carboxylic acids is 2. The third kappa shape index (κ3) is 3.26. The highest BCUT2D eigenvalue weighted by molar-refractivity contribution is 5.80. The lowest BCUT2D eigenvalue weighted by Gasteiger charge is -2.37. The van der Waals surface area contributed by atoms with Crippen molar-refractivity contribution in [1.82, 2.24) is 4.90 Å². The molecule has 0 spiro atoms. The predicted molar refractivity (Wildman–Crippen MR) is 73.0 cm³/mol. The zero-order valence-corrected chi connectivity index (χ0v) is 11.7. The number of carbonyl (C=O) groups is 2. The summed E-state index contributed by atoms with van der Waals surface area (Å²) in [5.41, 5.74) is 11.3. The van der Waals surface area contributed by atoms with Crippen molar-refractivity contribution in [3.8, 4) is 0 Å². The van der Waals surface area contributed by atoms with Crippen molar-refractivity contribution in [2.24, 2.45) is 29.2 Å². The first-order valence-corrected chi connectivity index (χ1v) is 7.32. The zero-order valence-electron chi connectivity index (χ0n) is 11.7. The molecular weight excluding hydrogens is 242 g/mol. The fourth-order valence-corrected chi connectivity index (χ4v) is 3.29. The maximum atomic E-state index is 12.5. The molecule has 2 aliphatic rings. The molecule has 1 aliphatic heterocycles. The number of nitrogens with zero attached hydrogens (tertiary/aromatic N) is 1. The van der Waals surface area contributed by atoms with Gasteiger partial charge in [0.2, 0.25) is 11.8 Å². The number of piperidine rings is 1. The van der Waals surface area contributed by atoms with Crippen LogP contribution in [0.25, 0.3) is 0 Å². The van der Waals surface area contributed by atoms with Crippen LogP contribution < -0.4 is 11.5 Å².